The molecule has 188 valence electrons. The van der Waals surface area contributed by atoms with Crippen molar-refractivity contribution in [3.63, 3.8) is 0 Å². The molecule has 8 aromatic rings. The van der Waals surface area contributed by atoms with Crippen LogP contribution in [0, 0.1) is 0 Å². The number of benzene rings is 5. The molecule has 0 fully saturated rings. The van der Waals surface area contributed by atoms with Crippen molar-refractivity contribution >= 4 is 32.7 Å². The van der Waals surface area contributed by atoms with Crippen molar-refractivity contribution in [1.82, 2.24) is 29.3 Å². The van der Waals surface area contributed by atoms with E-state index in [1.54, 1.807) is 0 Å². The predicted octanol–water partition coefficient (Wildman–Crippen LogP) is 7.64. The molecule has 3 heterocycles. The third-order valence-corrected chi connectivity index (χ3v) is 7.21. The van der Waals surface area contributed by atoms with Crippen molar-refractivity contribution in [3.8, 4) is 34.4 Å². The van der Waals surface area contributed by atoms with Crippen LogP contribution in [-0.4, -0.2) is 29.3 Å². The summed E-state index contributed by atoms with van der Waals surface area (Å²) in [5.41, 5.74) is 5.89. The molecule has 3 aromatic heterocycles. The van der Waals surface area contributed by atoms with E-state index in [0.717, 1.165) is 49.5 Å². The molecule has 6 nitrogen and oxygen atoms in total. The summed E-state index contributed by atoms with van der Waals surface area (Å²) in [5.74, 6) is 1.84. The predicted molar refractivity (Wildman–Crippen MR) is 160 cm³/mol. The van der Waals surface area contributed by atoms with Crippen LogP contribution in [-0.2, 0) is 0 Å². The lowest BCUT2D eigenvalue weighted by Crippen LogP contribution is -2.06. The van der Waals surface area contributed by atoms with E-state index in [-0.39, 0.29) is 0 Å². The van der Waals surface area contributed by atoms with Gasteiger partial charge in [-0.15, -0.1) is 0 Å². The van der Waals surface area contributed by atoms with Gasteiger partial charge in [-0.3, -0.25) is 4.57 Å². The van der Waals surface area contributed by atoms with Gasteiger partial charge in [0, 0.05) is 33.5 Å². The van der Waals surface area contributed by atoms with Crippen molar-refractivity contribution in [2.24, 2.45) is 0 Å². The summed E-state index contributed by atoms with van der Waals surface area (Å²) >= 11 is 0. The number of aromatic nitrogens is 6. The van der Waals surface area contributed by atoms with Crippen molar-refractivity contribution in [1.29, 1.82) is 0 Å². The van der Waals surface area contributed by atoms with Gasteiger partial charge in [-0.05, 0) is 30.3 Å². The Bertz CT molecular complexity index is 2090. The third kappa shape index (κ3) is 3.66. The minimum absolute atomic E-state index is 0.578. The van der Waals surface area contributed by atoms with E-state index in [2.05, 4.69) is 59.3 Å². The number of hydrogen-bond acceptors (Lipinski definition) is 4. The van der Waals surface area contributed by atoms with E-state index in [1.165, 1.54) is 0 Å². The normalized spacial score (nSPS) is 11.5. The Kier molecular flexibility index (Phi) is 5.03. The van der Waals surface area contributed by atoms with Gasteiger partial charge in [0.1, 0.15) is 0 Å². The third-order valence-electron chi connectivity index (χ3n) is 7.21. The van der Waals surface area contributed by atoms with Gasteiger partial charge in [0.05, 0.1) is 22.2 Å². The molecule has 0 aliphatic rings. The first kappa shape index (κ1) is 22.4. The number of rotatable bonds is 4. The molecule has 0 aliphatic carbocycles. The molecule has 0 unspecified atom stereocenters. The summed E-state index contributed by atoms with van der Waals surface area (Å²) in [6.07, 6.45) is 2.07. The summed E-state index contributed by atoms with van der Waals surface area (Å²) in [7, 11) is 0. The van der Waals surface area contributed by atoms with E-state index >= 15 is 0 Å². The van der Waals surface area contributed by atoms with E-state index in [4.69, 9.17) is 20.1 Å². The highest BCUT2D eigenvalue weighted by Gasteiger charge is 2.19. The molecular weight excluding hydrogens is 492 g/mol. The summed E-state index contributed by atoms with van der Waals surface area (Å²) in [5, 5.41) is 8.16. The Labute approximate surface area is 229 Å². The Hall–Kier alpha value is -5.62. The van der Waals surface area contributed by atoms with Gasteiger partial charge >= 0.3 is 0 Å². The van der Waals surface area contributed by atoms with Gasteiger partial charge in [0.15, 0.2) is 11.6 Å². The van der Waals surface area contributed by atoms with Crippen LogP contribution in [0.5, 0.6) is 0 Å². The highest BCUT2D eigenvalue weighted by Crippen LogP contribution is 2.34. The molecular formula is C34H22N6. The number of para-hydroxylation sites is 2. The summed E-state index contributed by atoms with van der Waals surface area (Å²) in [6, 6.07) is 43.0. The van der Waals surface area contributed by atoms with E-state index in [9.17, 15) is 0 Å². The highest BCUT2D eigenvalue weighted by atomic mass is 15.3. The minimum Gasteiger partial charge on any atom is -0.278 e. The van der Waals surface area contributed by atoms with Crippen LogP contribution in [0.1, 0.15) is 0 Å². The fourth-order valence-corrected chi connectivity index (χ4v) is 5.31. The van der Waals surface area contributed by atoms with Gasteiger partial charge < -0.3 is 0 Å². The zero-order valence-electron chi connectivity index (χ0n) is 21.4. The average Bonchev–Trinajstić information content (AvgIpc) is 3.59. The van der Waals surface area contributed by atoms with Crippen LogP contribution in [0.3, 0.4) is 0 Å². The minimum atomic E-state index is 0.578. The van der Waals surface area contributed by atoms with Crippen molar-refractivity contribution in [2.75, 3.05) is 0 Å². The highest BCUT2D eigenvalue weighted by molar-refractivity contribution is 6.12. The van der Waals surface area contributed by atoms with E-state index < -0.39 is 0 Å². The smallest absolute Gasteiger partial charge is 0.238 e. The maximum Gasteiger partial charge on any atom is 0.238 e. The van der Waals surface area contributed by atoms with Gasteiger partial charge in [-0.2, -0.15) is 15.1 Å². The molecule has 0 spiro atoms. The molecule has 0 amide bonds. The molecule has 8 rings (SSSR count). The summed E-state index contributed by atoms with van der Waals surface area (Å²) in [4.78, 5) is 14.9. The average molecular weight is 515 g/mol. The second-order valence-electron chi connectivity index (χ2n) is 9.70. The number of fused-ring (bicyclic) bond motifs is 4. The summed E-state index contributed by atoms with van der Waals surface area (Å²) < 4.78 is 4.07. The lowest BCUT2D eigenvalue weighted by Gasteiger charge is -2.10. The maximum atomic E-state index is 5.02. The van der Waals surface area contributed by atoms with E-state index in [1.807, 2.05) is 83.5 Å². The Balaban J connectivity index is 1.42. The second kappa shape index (κ2) is 8.99. The fraction of sp³-hybridized carbons (Fsp3) is 0. The Morgan fingerprint density at radius 2 is 1.10 bits per heavy atom. The van der Waals surface area contributed by atoms with Crippen LogP contribution in [0.15, 0.2) is 134 Å². The Morgan fingerprint density at radius 3 is 1.77 bits per heavy atom. The molecule has 0 aliphatic heterocycles. The zero-order valence-corrected chi connectivity index (χ0v) is 21.4. The first-order valence-corrected chi connectivity index (χ1v) is 13.2. The van der Waals surface area contributed by atoms with Crippen LogP contribution in [0.25, 0.3) is 67.1 Å². The Morgan fingerprint density at radius 1 is 0.500 bits per heavy atom. The van der Waals surface area contributed by atoms with E-state index in [0.29, 0.717) is 17.6 Å². The first-order valence-electron chi connectivity index (χ1n) is 13.2. The molecule has 40 heavy (non-hydrogen) atoms. The van der Waals surface area contributed by atoms with Crippen LogP contribution >= 0.6 is 0 Å². The molecule has 6 heteroatoms. The molecule has 0 bridgehead atoms. The fourth-order valence-electron chi connectivity index (χ4n) is 5.31. The number of hydrogen-bond donors (Lipinski definition) is 0. The van der Waals surface area contributed by atoms with Crippen LogP contribution in [0.4, 0.5) is 0 Å². The molecule has 5 aromatic carbocycles. The lowest BCUT2D eigenvalue weighted by molar-refractivity contribution is 0.897. The van der Waals surface area contributed by atoms with Crippen molar-refractivity contribution < 1.29 is 0 Å². The topological polar surface area (TPSA) is 61.4 Å². The zero-order chi connectivity index (χ0) is 26.5. The standard InChI is InChI=1S/C34H22N6/c1-4-12-23(13-5-1)32-35-33(24-14-6-2-7-15-24)37-34(36-32)40-30-19-11-10-18-27(30)28-21-29-25(20-31(28)40)22-39(38-29)26-16-8-3-9-17-26/h1-22H. The van der Waals surface area contributed by atoms with Crippen molar-refractivity contribution in [3.05, 3.63) is 134 Å². The van der Waals surface area contributed by atoms with Crippen LogP contribution < -0.4 is 0 Å². The quantitative estimate of drug-likeness (QED) is 0.242. The SMILES string of the molecule is c1ccc(-c2nc(-c3ccccc3)nc(-n3c4ccccc4c4cc5nn(-c6ccccc6)cc5cc43)n2)cc1. The molecule has 0 radical (unpaired) electrons. The monoisotopic (exact) mass is 514 g/mol. The van der Waals surface area contributed by atoms with Gasteiger partial charge in [0.2, 0.25) is 5.95 Å². The first-order chi connectivity index (χ1) is 19.8. The van der Waals surface area contributed by atoms with Crippen molar-refractivity contribution in [2.45, 2.75) is 0 Å². The molecule has 0 saturated heterocycles. The van der Waals surface area contributed by atoms with Crippen LogP contribution in [0.2, 0.25) is 0 Å². The van der Waals surface area contributed by atoms with Gasteiger partial charge in [-0.1, -0.05) is 97.1 Å². The summed E-state index contributed by atoms with van der Waals surface area (Å²) in [6.45, 7) is 0. The van der Waals surface area contributed by atoms with Gasteiger partial charge in [-0.25, -0.2) is 9.67 Å². The second-order valence-corrected chi connectivity index (χ2v) is 9.70. The lowest BCUT2D eigenvalue weighted by atomic mass is 10.1. The van der Waals surface area contributed by atoms with Gasteiger partial charge in [0.25, 0.3) is 0 Å². The molecule has 0 saturated carbocycles. The molecule has 0 N–H and O–H groups in total. The molecule has 0 atom stereocenters. The maximum absolute atomic E-state index is 5.02. The largest absolute Gasteiger partial charge is 0.278 e. The number of nitrogens with zero attached hydrogens (tertiary/aromatic N) is 6.